The van der Waals surface area contributed by atoms with Crippen LogP contribution in [0.4, 0.5) is 20.4 Å². The van der Waals surface area contributed by atoms with E-state index in [4.69, 9.17) is 0 Å². The molecule has 0 radical (unpaired) electrons. The van der Waals surface area contributed by atoms with Crippen molar-refractivity contribution >= 4 is 17.5 Å². The number of nitro groups is 1. The fourth-order valence-corrected chi connectivity index (χ4v) is 1.42. The zero-order valence-electron chi connectivity index (χ0n) is 10.4. The topological polar surface area (TPSA) is 123 Å². The van der Waals surface area contributed by atoms with E-state index in [1.54, 1.807) is 0 Å². The Hall–Kier alpha value is -3.11. The van der Waals surface area contributed by atoms with Crippen molar-refractivity contribution in [3.05, 3.63) is 39.4 Å². The molecule has 0 aliphatic carbocycles. The number of hydrogen-bond acceptors (Lipinski definition) is 6. The van der Waals surface area contributed by atoms with Crippen molar-refractivity contribution in [1.82, 2.24) is 15.2 Å². The average Bonchev–Trinajstić information content (AvgIpc) is 2.85. The van der Waals surface area contributed by atoms with E-state index in [-0.39, 0.29) is 18.0 Å². The van der Waals surface area contributed by atoms with Crippen LogP contribution in [0.5, 0.6) is 6.01 Å². The number of nitrogens with one attached hydrogen (secondary N) is 2. The summed E-state index contributed by atoms with van der Waals surface area (Å²) in [5.41, 5.74) is -1.73. The molecule has 110 valence electrons. The minimum atomic E-state index is -1.38. The van der Waals surface area contributed by atoms with Crippen molar-refractivity contribution in [3.8, 4) is 6.01 Å². The van der Waals surface area contributed by atoms with E-state index < -0.39 is 33.7 Å². The number of aromatic amines is 1. The maximum atomic E-state index is 13.5. The molecule has 0 atom stereocenters. The van der Waals surface area contributed by atoms with Gasteiger partial charge in [0.05, 0.1) is 17.6 Å². The molecule has 0 saturated carbocycles. The number of ether oxygens (including phenoxy) is 1. The Morgan fingerprint density at radius 1 is 1.43 bits per heavy atom. The van der Waals surface area contributed by atoms with Crippen LogP contribution in [0.1, 0.15) is 10.4 Å². The molecule has 0 spiro atoms. The molecule has 2 aromatic rings. The number of H-pyrrole nitrogens is 1. The summed E-state index contributed by atoms with van der Waals surface area (Å²) in [6, 6.07) is 0.678. The van der Waals surface area contributed by atoms with Crippen LogP contribution < -0.4 is 10.1 Å². The van der Waals surface area contributed by atoms with Crippen LogP contribution in [0, 0.1) is 21.7 Å². The lowest BCUT2D eigenvalue weighted by molar-refractivity contribution is -0.387. The zero-order valence-corrected chi connectivity index (χ0v) is 10.4. The Bertz CT molecular complexity index is 717. The Kier molecular flexibility index (Phi) is 3.73. The first-order valence-electron chi connectivity index (χ1n) is 5.33. The van der Waals surface area contributed by atoms with Crippen molar-refractivity contribution in [2.45, 2.75) is 0 Å². The first-order chi connectivity index (χ1) is 9.92. The van der Waals surface area contributed by atoms with E-state index in [1.807, 2.05) is 0 Å². The molecule has 0 bridgehead atoms. The maximum Gasteiger partial charge on any atom is 0.336 e. The Balaban J connectivity index is 2.30. The van der Waals surface area contributed by atoms with Gasteiger partial charge in [0.2, 0.25) is 11.8 Å². The Morgan fingerprint density at radius 2 is 2.14 bits per heavy atom. The number of nitro benzene ring substituents is 1. The van der Waals surface area contributed by atoms with Gasteiger partial charge in [-0.1, -0.05) is 0 Å². The number of amides is 1. The third-order valence-corrected chi connectivity index (χ3v) is 2.36. The molecule has 0 unspecified atom stereocenters. The van der Waals surface area contributed by atoms with E-state index in [0.717, 1.165) is 0 Å². The van der Waals surface area contributed by atoms with Gasteiger partial charge in [-0.25, -0.2) is 9.49 Å². The molecule has 0 aliphatic heterocycles. The number of rotatable bonds is 4. The monoisotopic (exact) mass is 299 g/mol. The third-order valence-electron chi connectivity index (χ3n) is 2.36. The van der Waals surface area contributed by atoms with Crippen molar-refractivity contribution in [2.24, 2.45) is 0 Å². The summed E-state index contributed by atoms with van der Waals surface area (Å²) >= 11 is 0. The predicted molar refractivity (Wildman–Crippen MR) is 63.9 cm³/mol. The van der Waals surface area contributed by atoms with E-state index in [2.05, 4.69) is 25.2 Å². The van der Waals surface area contributed by atoms with E-state index in [0.29, 0.717) is 6.07 Å². The molecule has 0 saturated heterocycles. The molecule has 0 aliphatic rings. The van der Waals surface area contributed by atoms with E-state index in [1.165, 1.54) is 7.11 Å². The molecule has 9 nitrogen and oxygen atoms in total. The van der Waals surface area contributed by atoms with Gasteiger partial charge < -0.3 is 4.74 Å². The first-order valence-corrected chi connectivity index (χ1v) is 5.33. The summed E-state index contributed by atoms with van der Waals surface area (Å²) in [6.07, 6.45) is 0. The molecule has 21 heavy (non-hydrogen) atoms. The number of nitrogens with zero attached hydrogens (tertiary/aromatic N) is 3. The Labute approximate surface area is 115 Å². The normalized spacial score (nSPS) is 10.2. The molecule has 1 aromatic carbocycles. The molecule has 1 aromatic heterocycles. The number of aromatic nitrogens is 3. The second-order valence-electron chi connectivity index (χ2n) is 3.67. The number of anilines is 1. The van der Waals surface area contributed by atoms with Gasteiger partial charge >= 0.3 is 11.7 Å². The van der Waals surface area contributed by atoms with Crippen LogP contribution >= 0.6 is 0 Å². The quantitative estimate of drug-likeness (QED) is 0.647. The highest BCUT2D eigenvalue weighted by molar-refractivity contribution is 6.03. The molecule has 1 amide bonds. The SMILES string of the molecule is COc1n[nH]c(NC(=O)c2cc([N+](=O)[O-])c(F)cc2F)n1. The predicted octanol–water partition coefficient (Wildman–Crippen LogP) is 1.25. The fraction of sp³-hybridized carbons (Fsp3) is 0.100. The van der Waals surface area contributed by atoms with Crippen molar-refractivity contribution in [1.29, 1.82) is 0 Å². The fourth-order valence-electron chi connectivity index (χ4n) is 1.42. The number of hydrogen-bond donors (Lipinski definition) is 2. The summed E-state index contributed by atoms with van der Waals surface area (Å²) in [5, 5.41) is 18.5. The number of carbonyl (C=O) groups excluding carboxylic acids is 1. The maximum absolute atomic E-state index is 13.5. The minimum absolute atomic E-state index is 0.0733. The summed E-state index contributed by atoms with van der Waals surface area (Å²) in [5.74, 6) is -3.85. The minimum Gasteiger partial charge on any atom is -0.466 e. The number of benzene rings is 1. The highest BCUT2D eigenvalue weighted by atomic mass is 19.1. The zero-order chi connectivity index (χ0) is 15.6. The van der Waals surface area contributed by atoms with Crippen LogP contribution in [-0.4, -0.2) is 33.1 Å². The summed E-state index contributed by atoms with van der Waals surface area (Å²) in [6.45, 7) is 0. The molecule has 2 N–H and O–H groups in total. The largest absolute Gasteiger partial charge is 0.466 e. The standard InChI is InChI=1S/C10H7F2N5O4/c1-21-10-14-9(15-16-10)13-8(18)4-2-7(17(19)20)6(12)3-5(4)11/h2-3H,1H3,(H2,13,14,15,16,18). The van der Waals surface area contributed by atoms with Gasteiger partial charge in [-0.05, 0) is 0 Å². The van der Waals surface area contributed by atoms with E-state index in [9.17, 15) is 23.7 Å². The lowest BCUT2D eigenvalue weighted by Crippen LogP contribution is -2.15. The summed E-state index contributed by atoms with van der Waals surface area (Å²) in [7, 11) is 1.29. The average molecular weight is 299 g/mol. The third kappa shape index (κ3) is 2.91. The second kappa shape index (κ2) is 5.48. The molecule has 0 fully saturated rings. The van der Waals surface area contributed by atoms with Gasteiger partial charge in [0.25, 0.3) is 5.91 Å². The van der Waals surface area contributed by atoms with Crippen molar-refractivity contribution in [2.75, 3.05) is 12.4 Å². The van der Waals surface area contributed by atoms with Gasteiger partial charge in [0.1, 0.15) is 5.82 Å². The van der Waals surface area contributed by atoms with Crippen molar-refractivity contribution in [3.63, 3.8) is 0 Å². The molecular weight excluding hydrogens is 292 g/mol. The highest BCUT2D eigenvalue weighted by Crippen LogP contribution is 2.22. The van der Waals surface area contributed by atoms with E-state index >= 15 is 0 Å². The van der Waals surface area contributed by atoms with Crippen LogP contribution in [-0.2, 0) is 0 Å². The van der Waals surface area contributed by atoms with Crippen LogP contribution in [0.25, 0.3) is 0 Å². The Morgan fingerprint density at radius 3 is 2.71 bits per heavy atom. The van der Waals surface area contributed by atoms with Crippen LogP contribution in [0.3, 0.4) is 0 Å². The lowest BCUT2D eigenvalue weighted by Gasteiger charge is -2.03. The summed E-state index contributed by atoms with van der Waals surface area (Å²) < 4.78 is 31.3. The number of halogens is 2. The first kappa shape index (κ1) is 14.3. The second-order valence-corrected chi connectivity index (χ2v) is 3.67. The molecular formula is C10H7F2N5O4. The van der Waals surface area contributed by atoms with Crippen LogP contribution in [0.15, 0.2) is 12.1 Å². The molecule has 1 heterocycles. The number of methoxy groups -OCH3 is 1. The number of carbonyl (C=O) groups is 1. The molecule has 2 rings (SSSR count). The lowest BCUT2D eigenvalue weighted by atomic mass is 10.1. The highest BCUT2D eigenvalue weighted by Gasteiger charge is 2.23. The van der Waals surface area contributed by atoms with Gasteiger partial charge in [0, 0.05) is 12.1 Å². The summed E-state index contributed by atoms with van der Waals surface area (Å²) in [4.78, 5) is 24.9. The van der Waals surface area contributed by atoms with Gasteiger partial charge in [-0.3, -0.25) is 20.2 Å². The van der Waals surface area contributed by atoms with Gasteiger partial charge in [0.15, 0.2) is 0 Å². The smallest absolute Gasteiger partial charge is 0.336 e. The van der Waals surface area contributed by atoms with Gasteiger partial charge in [-0.15, -0.1) is 5.10 Å². The van der Waals surface area contributed by atoms with Crippen molar-refractivity contribution < 1.29 is 23.2 Å². The van der Waals surface area contributed by atoms with Crippen LogP contribution in [0.2, 0.25) is 0 Å². The van der Waals surface area contributed by atoms with Gasteiger partial charge in [-0.2, -0.15) is 9.37 Å². The molecule has 11 heteroatoms.